The molecule has 0 aliphatic carbocycles. The lowest BCUT2D eigenvalue weighted by Crippen LogP contribution is -2.57. The monoisotopic (exact) mass is 330 g/mol. The van der Waals surface area contributed by atoms with Gasteiger partial charge in [0.05, 0.1) is 0 Å². The first-order valence-electron chi connectivity index (χ1n) is 8.24. The quantitative estimate of drug-likeness (QED) is 0.936. The lowest BCUT2D eigenvalue weighted by atomic mass is 9.84. The van der Waals surface area contributed by atoms with Gasteiger partial charge in [0.15, 0.2) is 5.76 Å². The molecule has 1 aromatic heterocycles. The Morgan fingerprint density at radius 1 is 1.25 bits per heavy atom. The Kier molecular flexibility index (Phi) is 3.98. The van der Waals surface area contributed by atoms with Crippen molar-refractivity contribution in [3.63, 3.8) is 0 Å². The number of fused-ring (bicyclic) bond motifs is 3. The fourth-order valence-electron chi connectivity index (χ4n) is 3.51. The van der Waals surface area contributed by atoms with E-state index in [2.05, 4.69) is 10.2 Å². The highest BCUT2D eigenvalue weighted by Gasteiger charge is 2.35. The molecule has 6 heteroatoms. The van der Waals surface area contributed by atoms with E-state index in [4.69, 9.17) is 9.15 Å². The molecule has 1 aromatic carbocycles. The molecular formula is C18H19FN2O3. The maximum Gasteiger partial charge on any atom is 0.290 e. The number of piperidine rings is 3. The number of amides is 1. The van der Waals surface area contributed by atoms with E-state index in [1.165, 1.54) is 12.1 Å². The number of halogens is 1. The van der Waals surface area contributed by atoms with E-state index in [9.17, 15) is 9.18 Å². The van der Waals surface area contributed by atoms with Gasteiger partial charge in [-0.3, -0.25) is 4.79 Å². The lowest BCUT2D eigenvalue weighted by molar-refractivity contribution is 0.0603. The molecule has 1 N–H and O–H groups in total. The number of nitrogens with one attached hydrogen (secondary N) is 1. The average molecular weight is 330 g/mol. The highest BCUT2D eigenvalue weighted by molar-refractivity contribution is 5.91. The highest BCUT2D eigenvalue weighted by Crippen LogP contribution is 2.28. The second-order valence-corrected chi connectivity index (χ2v) is 6.40. The predicted octanol–water partition coefficient (Wildman–Crippen LogP) is 3.04. The van der Waals surface area contributed by atoms with E-state index in [0.29, 0.717) is 11.7 Å². The van der Waals surface area contributed by atoms with Crippen molar-refractivity contribution in [2.75, 3.05) is 19.6 Å². The maximum atomic E-state index is 13.2. The van der Waals surface area contributed by atoms with Crippen LogP contribution in [0.4, 0.5) is 4.39 Å². The van der Waals surface area contributed by atoms with Crippen molar-refractivity contribution in [3.05, 3.63) is 48.0 Å². The number of hydrogen-bond donors (Lipinski definition) is 1. The van der Waals surface area contributed by atoms with Gasteiger partial charge in [-0.05, 0) is 50.0 Å². The van der Waals surface area contributed by atoms with E-state index in [-0.39, 0.29) is 29.5 Å². The molecule has 2 bridgehead atoms. The summed E-state index contributed by atoms with van der Waals surface area (Å²) in [5.74, 6) is 0.630. The van der Waals surface area contributed by atoms with Crippen molar-refractivity contribution in [1.82, 2.24) is 10.2 Å². The Labute approximate surface area is 139 Å². The number of rotatable bonds is 4. The van der Waals surface area contributed by atoms with Crippen LogP contribution in [0.15, 0.2) is 40.8 Å². The Balaban J connectivity index is 1.40. The van der Waals surface area contributed by atoms with Gasteiger partial charge in [0.2, 0.25) is 0 Å². The fraction of sp³-hybridized carbons (Fsp3) is 0.389. The van der Waals surface area contributed by atoms with E-state index in [1.807, 2.05) is 0 Å². The van der Waals surface area contributed by atoms with Gasteiger partial charge < -0.3 is 19.4 Å². The van der Waals surface area contributed by atoms with Crippen molar-refractivity contribution >= 4 is 5.91 Å². The number of carbonyl (C=O) groups excluding carboxylic acids is 1. The summed E-state index contributed by atoms with van der Waals surface area (Å²) in [6.45, 7) is 3.16. The van der Waals surface area contributed by atoms with Crippen molar-refractivity contribution in [1.29, 1.82) is 0 Å². The molecule has 2 aromatic rings. The first kappa shape index (κ1) is 15.2. The van der Waals surface area contributed by atoms with Gasteiger partial charge in [-0.15, -0.1) is 0 Å². The fourth-order valence-corrected chi connectivity index (χ4v) is 3.51. The third-order valence-electron chi connectivity index (χ3n) is 4.79. The zero-order chi connectivity index (χ0) is 16.5. The van der Waals surface area contributed by atoms with Gasteiger partial charge in [-0.1, -0.05) is 6.07 Å². The van der Waals surface area contributed by atoms with Crippen LogP contribution >= 0.6 is 0 Å². The maximum absolute atomic E-state index is 13.2. The summed E-state index contributed by atoms with van der Waals surface area (Å²) < 4.78 is 24.0. The molecule has 4 heterocycles. The highest BCUT2D eigenvalue weighted by atomic mass is 19.1. The average Bonchev–Trinajstić information content (AvgIpc) is 3.05. The summed E-state index contributed by atoms with van der Waals surface area (Å²) in [5.41, 5.74) is 0. The van der Waals surface area contributed by atoms with Crippen molar-refractivity contribution in [3.8, 4) is 11.7 Å². The first-order valence-corrected chi connectivity index (χ1v) is 8.24. The minimum Gasteiger partial charge on any atom is -0.426 e. The number of ether oxygens (including phenoxy) is 1. The lowest BCUT2D eigenvalue weighted by Gasteiger charge is -2.44. The zero-order valence-electron chi connectivity index (χ0n) is 13.2. The van der Waals surface area contributed by atoms with Gasteiger partial charge in [0.25, 0.3) is 11.9 Å². The number of hydrogen-bond acceptors (Lipinski definition) is 4. The second-order valence-electron chi connectivity index (χ2n) is 6.40. The molecule has 5 nitrogen and oxygen atoms in total. The molecule has 3 fully saturated rings. The van der Waals surface area contributed by atoms with E-state index < -0.39 is 0 Å². The minimum atomic E-state index is -0.389. The summed E-state index contributed by atoms with van der Waals surface area (Å²) in [7, 11) is 0. The first-order chi connectivity index (χ1) is 11.7. The van der Waals surface area contributed by atoms with Crippen LogP contribution in [-0.2, 0) is 0 Å². The van der Waals surface area contributed by atoms with Crippen LogP contribution in [-0.4, -0.2) is 36.5 Å². The molecule has 3 aliphatic heterocycles. The molecular weight excluding hydrogens is 311 g/mol. The molecule has 3 aliphatic rings. The number of benzene rings is 1. The Morgan fingerprint density at radius 2 is 2.08 bits per heavy atom. The van der Waals surface area contributed by atoms with Crippen LogP contribution in [0.1, 0.15) is 23.4 Å². The van der Waals surface area contributed by atoms with Gasteiger partial charge in [0.1, 0.15) is 11.6 Å². The van der Waals surface area contributed by atoms with Crippen molar-refractivity contribution in [2.24, 2.45) is 5.92 Å². The third-order valence-corrected chi connectivity index (χ3v) is 4.79. The summed E-state index contributed by atoms with van der Waals surface area (Å²) in [4.78, 5) is 14.8. The normalized spacial score (nSPS) is 25.5. The standard InChI is InChI=1S/C18H19FN2O3/c19-13-2-1-3-14(10-13)23-17-5-4-16(24-17)18(22)20-15-11-21-8-6-12(15)7-9-21/h1-5,10,12,15H,6-9,11H2,(H,20,22). The zero-order valence-corrected chi connectivity index (χ0v) is 13.2. The third kappa shape index (κ3) is 3.14. The van der Waals surface area contributed by atoms with Crippen LogP contribution in [0, 0.1) is 11.7 Å². The summed E-state index contributed by atoms with van der Waals surface area (Å²) in [6.07, 6.45) is 2.27. The Bertz CT molecular complexity index is 737. The molecule has 3 saturated heterocycles. The van der Waals surface area contributed by atoms with E-state index >= 15 is 0 Å². The summed E-state index contributed by atoms with van der Waals surface area (Å²) >= 11 is 0. The van der Waals surface area contributed by atoms with Crippen LogP contribution in [0.5, 0.6) is 11.7 Å². The predicted molar refractivity (Wildman–Crippen MR) is 85.6 cm³/mol. The van der Waals surface area contributed by atoms with Gasteiger partial charge in [0, 0.05) is 24.7 Å². The molecule has 1 amide bonds. The van der Waals surface area contributed by atoms with Crippen molar-refractivity contribution < 1.29 is 18.3 Å². The topological polar surface area (TPSA) is 54.7 Å². The number of nitrogens with zero attached hydrogens (tertiary/aromatic N) is 1. The molecule has 1 unspecified atom stereocenters. The Morgan fingerprint density at radius 3 is 2.79 bits per heavy atom. The Hall–Kier alpha value is -2.34. The molecule has 0 saturated carbocycles. The van der Waals surface area contributed by atoms with Crippen LogP contribution in [0.3, 0.4) is 0 Å². The largest absolute Gasteiger partial charge is 0.426 e. The molecule has 0 radical (unpaired) electrons. The molecule has 5 rings (SSSR count). The molecule has 0 spiro atoms. The van der Waals surface area contributed by atoms with Crippen LogP contribution in [0.25, 0.3) is 0 Å². The van der Waals surface area contributed by atoms with Gasteiger partial charge in [-0.25, -0.2) is 4.39 Å². The molecule has 1 atom stereocenters. The molecule has 24 heavy (non-hydrogen) atoms. The van der Waals surface area contributed by atoms with Crippen LogP contribution in [0.2, 0.25) is 0 Å². The summed E-state index contributed by atoms with van der Waals surface area (Å²) in [6, 6.07) is 9.09. The van der Waals surface area contributed by atoms with E-state index in [0.717, 1.165) is 32.5 Å². The second kappa shape index (κ2) is 6.28. The van der Waals surface area contributed by atoms with Gasteiger partial charge >= 0.3 is 0 Å². The smallest absolute Gasteiger partial charge is 0.290 e. The summed E-state index contributed by atoms with van der Waals surface area (Å²) in [5, 5.41) is 3.06. The van der Waals surface area contributed by atoms with Crippen LogP contribution < -0.4 is 10.1 Å². The number of furan rings is 1. The van der Waals surface area contributed by atoms with E-state index in [1.54, 1.807) is 24.3 Å². The van der Waals surface area contributed by atoms with Gasteiger partial charge in [-0.2, -0.15) is 0 Å². The number of carbonyl (C=O) groups is 1. The minimum absolute atomic E-state index is 0.166. The SMILES string of the molecule is O=C(NC1CN2CCC1CC2)c1ccc(Oc2cccc(F)c2)o1. The van der Waals surface area contributed by atoms with Crippen molar-refractivity contribution in [2.45, 2.75) is 18.9 Å². The molecule has 126 valence electrons.